The Bertz CT molecular complexity index is 554. The number of aryl methyl sites for hydroxylation is 1. The second-order valence-electron chi connectivity index (χ2n) is 3.90. The molecular formula is C13H13ClN2O2S. The van der Waals surface area contributed by atoms with Crippen LogP contribution >= 0.6 is 22.9 Å². The topological polar surface area (TPSA) is 51.2 Å². The molecule has 4 nitrogen and oxygen atoms in total. The quantitative estimate of drug-likeness (QED) is 0.923. The fraction of sp³-hybridized carbons (Fsp3) is 0.231. The lowest BCUT2D eigenvalue weighted by molar-refractivity contribution is -0.123. The Kier molecular flexibility index (Phi) is 4.76. The average molecular weight is 297 g/mol. The summed E-state index contributed by atoms with van der Waals surface area (Å²) < 4.78 is 5.33. The van der Waals surface area contributed by atoms with Gasteiger partial charge in [0.2, 0.25) is 0 Å². The number of amides is 1. The van der Waals surface area contributed by atoms with Crippen LogP contribution in [0.4, 0.5) is 0 Å². The molecule has 1 N–H and O–H groups in total. The van der Waals surface area contributed by atoms with Crippen LogP contribution in [-0.4, -0.2) is 17.5 Å². The van der Waals surface area contributed by atoms with E-state index in [1.54, 1.807) is 24.3 Å². The van der Waals surface area contributed by atoms with Gasteiger partial charge in [-0.3, -0.25) is 4.79 Å². The lowest BCUT2D eigenvalue weighted by Crippen LogP contribution is -2.28. The molecule has 6 heteroatoms. The summed E-state index contributed by atoms with van der Waals surface area (Å²) in [6, 6.07) is 6.87. The molecule has 0 bridgehead atoms. The molecule has 0 aliphatic rings. The van der Waals surface area contributed by atoms with Gasteiger partial charge >= 0.3 is 0 Å². The maximum Gasteiger partial charge on any atom is 0.258 e. The zero-order chi connectivity index (χ0) is 13.7. The first-order chi connectivity index (χ1) is 9.13. The molecule has 19 heavy (non-hydrogen) atoms. The van der Waals surface area contributed by atoms with E-state index in [0.29, 0.717) is 17.3 Å². The minimum atomic E-state index is -0.178. The van der Waals surface area contributed by atoms with Crippen molar-refractivity contribution in [3.05, 3.63) is 45.4 Å². The summed E-state index contributed by atoms with van der Waals surface area (Å²) in [7, 11) is 0. The van der Waals surface area contributed by atoms with Crippen molar-refractivity contribution in [1.29, 1.82) is 0 Å². The van der Waals surface area contributed by atoms with E-state index in [4.69, 9.17) is 16.3 Å². The molecular weight excluding hydrogens is 284 g/mol. The van der Waals surface area contributed by atoms with E-state index in [9.17, 15) is 4.79 Å². The van der Waals surface area contributed by atoms with Crippen LogP contribution in [0.3, 0.4) is 0 Å². The van der Waals surface area contributed by atoms with E-state index < -0.39 is 0 Å². The molecule has 0 aliphatic heterocycles. The van der Waals surface area contributed by atoms with Gasteiger partial charge in [-0.25, -0.2) is 4.98 Å². The van der Waals surface area contributed by atoms with Crippen LogP contribution in [0.2, 0.25) is 5.02 Å². The van der Waals surface area contributed by atoms with Crippen molar-refractivity contribution in [2.45, 2.75) is 13.5 Å². The van der Waals surface area contributed by atoms with Crippen molar-refractivity contribution in [2.75, 3.05) is 6.61 Å². The molecule has 1 aromatic carbocycles. The largest absolute Gasteiger partial charge is 0.484 e. The first kappa shape index (κ1) is 13.8. The number of nitrogens with one attached hydrogen (secondary N) is 1. The summed E-state index contributed by atoms with van der Waals surface area (Å²) in [6.07, 6.45) is 0. The first-order valence-electron chi connectivity index (χ1n) is 5.69. The third kappa shape index (κ3) is 4.54. The number of thiazole rings is 1. The van der Waals surface area contributed by atoms with Crippen LogP contribution in [-0.2, 0) is 11.3 Å². The Labute approximate surface area is 120 Å². The van der Waals surface area contributed by atoms with Gasteiger partial charge in [0.25, 0.3) is 5.91 Å². The summed E-state index contributed by atoms with van der Waals surface area (Å²) in [6.45, 7) is 2.33. The van der Waals surface area contributed by atoms with Gasteiger partial charge in [-0.2, -0.15) is 0 Å². The monoisotopic (exact) mass is 296 g/mol. The summed E-state index contributed by atoms with van der Waals surface area (Å²) in [5.41, 5.74) is 0.965. The Hall–Kier alpha value is -1.59. The van der Waals surface area contributed by atoms with Gasteiger partial charge in [0.1, 0.15) is 10.8 Å². The number of carbonyl (C=O) groups is 1. The Balaban J connectivity index is 1.74. The second-order valence-corrected chi connectivity index (χ2v) is 5.28. The van der Waals surface area contributed by atoms with Gasteiger partial charge in [0.05, 0.1) is 6.54 Å². The number of benzene rings is 1. The highest BCUT2D eigenvalue weighted by Gasteiger charge is 2.04. The smallest absolute Gasteiger partial charge is 0.258 e. The summed E-state index contributed by atoms with van der Waals surface area (Å²) in [5.74, 6) is 0.437. The number of rotatable bonds is 5. The van der Waals surface area contributed by atoms with Crippen LogP contribution in [0.15, 0.2) is 29.6 Å². The highest BCUT2D eigenvalue weighted by molar-refractivity contribution is 7.09. The van der Waals surface area contributed by atoms with E-state index in [1.807, 2.05) is 12.3 Å². The molecule has 2 rings (SSSR count). The maximum absolute atomic E-state index is 11.6. The highest BCUT2D eigenvalue weighted by atomic mass is 35.5. The van der Waals surface area contributed by atoms with Gasteiger partial charge < -0.3 is 10.1 Å². The Morgan fingerprint density at radius 2 is 2.16 bits per heavy atom. The summed E-state index contributed by atoms with van der Waals surface area (Å²) in [5, 5.41) is 6.22. The van der Waals surface area contributed by atoms with Gasteiger partial charge in [-0.15, -0.1) is 11.3 Å². The van der Waals surface area contributed by atoms with Gasteiger partial charge in [0, 0.05) is 16.1 Å². The van der Waals surface area contributed by atoms with Crippen LogP contribution in [0.25, 0.3) is 0 Å². The third-order valence-corrected chi connectivity index (χ3v) is 3.51. The maximum atomic E-state index is 11.6. The van der Waals surface area contributed by atoms with Crippen molar-refractivity contribution < 1.29 is 9.53 Å². The van der Waals surface area contributed by atoms with Crippen LogP contribution in [0.5, 0.6) is 5.75 Å². The van der Waals surface area contributed by atoms with E-state index in [1.165, 1.54) is 11.3 Å². The molecule has 0 saturated carbocycles. The molecule has 2 aromatic rings. The summed E-state index contributed by atoms with van der Waals surface area (Å²) in [4.78, 5) is 15.8. The van der Waals surface area contributed by atoms with Crippen molar-refractivity contribution in [1.82, 2.24) is 10.3 Å². The molecule has 0 aliphatic carbocycles. The van der Waals surface area contributed by atoms with E-state index >= 15 is 0 Å². The molecule has 100 valence electrons. The van der Waals surface area contributed by atoms with Crippen LogP contribution < -0.4 is 10.1 Å². The van der Waals surface area contributed by atoms with Gasteiger partial charge in [-0.1, -0.05) is 11.6 Å². The van der Waals surface area contributed by atoms with Gasteiger partial charge in [-0.05, 0) is 31.2 Å². The number of halogens is 1. The molecule has 0 unspecified atom stereocenters. The number of ether oxygens (including phenoxy) is 1. The Morgan fingerprint density at radius 1 is 1.42 bits per heavy atom. The standard InChI is InChI=1S/C13H13ClN2O2S/c1-9-8-19-13(16-9)6-15-12(17)7-18-11-4-2-10(14)3-5-11/h2-5,8H,6-7H2,1H3,(H,15,17). The average Bonchev–Trinajstić information content (AvgIpc) is 2.81. The second kappa shape index (κ2) is 6.54. The van der Waals surface area contributed by atoms with Crippen molar-refractivity contribution >= 4 is 28.8 Å². The molecule has 1 aromatic heterocycles. The highest BCUT2D eigenvalue weighted by Crippen LogP contribution is 2.15. The molecule has 0 atom stereocenters. The normalized spacial score (nSPS) is 10.2. The van der Waals surface area contributed by atoms with E-state index in [0.717, 1.165) is 10.7 Å². The summed E-state index contributed by atoms with van der Waals surface area (Å²) >= 11 is 7.28. The van der Waals surface area contributed by atoms with Crippen molar-refractivity contribution in [3.8, 4) is 5.75 Å². The Morgan fingerprint density at radius 3 is 2.79 bits per heavy atom. The predicted molar refractivity (Wildman–Crippen MR) is 75.6 cm³/mol. The fourth-order valence-electron chi connectivity index (χ4n) is 1.39. The number of hydrogen-bond donors (Lipinski definition) is 1. The molecule has 0 saturated heterocycles. The van der Waals surface area contributed by atoms with Crippen LogP contribution in [0, 0.1) is 6.92 Å². The minimum absolute atomic E-state index is 0.0218. The number of carbonyl (C=O) groups excluding carboxylic acids is 1. The van der Waals surface area contributed by atoms with E-state index in [2.05, 4.69) is 10.3 Å². The zero-order valence-electron chi connectivity index (χ0n) is 10.4. The molecule has 0 spiro atoms. The fourth-order valence-corrected chi connectivity index (χ4v) is 2.23. The molecule has 1 heterocycles. The SMILES string of the molecule is Cc1csc(CNC(=O)COc2ccc(Cl)cc2)n1. The molecule has 0 radical (unpaired) electrons. The number of hydrogen-bond acceptors (Lipinski definition) is 4. The van der Waals surface area contributed by atoms with E-state index in [-0.39, 0.29) is 12.5 Å². The lowest BCUT2D eigenvalue weighted by atomic mass is 10.3. The van der Waals surface area contributed by atoms with Gasteiger partial charge in [0.15, 0.2) is 6.61 Å². The third-order valence-electron chi connectivity index (χ3n) is 2.29. The molecule has 0 fully saturated rings. The zero-order valence-corrected chi connectivity index (χ0v) is 11.9. The van der Waals surface area contributed by atoms with Crippen molar-refractivity contribution in [3.63, 3.8) is 0 Å². The number of aromatic nitrogens is 1. The minimum Gasteiger partial charge on any atom is -0.484 e. The first-order valence-corrected chi connectivity index (χ1v) is 6.95. The van der Waals surface area contributed by atoms with Crippen molar-refractivity contribution in [2.24, 2.45) is 0 Å². The predicted octanol–water partition coefficient (Wildman–Crippen LogP) is 2.80. The lowest BCUT2D eigenvalue weighted by Gasteiger charge is -2.06. The molecule has 1 amide bonds. The van der Waals surface area contributed by atoms with Crippen LogP contribution in [0.1, 0.15) is 10.7 Å². The number of nitrogens with zero attached hydrogens (tertiary/aromatic N) is 1.